The van der Waals surface area contributed by atoms with Gasteiger partial charge >= 0.3 is 0 Å². The average Bonchev–Trinajstić information content (AvgIpc) is 2.46. The highest BCUT2D eigenvalue weighted by Gasteiger charge is 2.03. The summed E-state index contributed by atoms with van der Waals surface area (Å²) in [6, 6.07) is 12.2. The summed E-state index contributed by atoms with van der Waals surface area (Å²) >= 11 is 3.45. The maximum Gasteiger partial charge on any atom is 0.138 e. The van der Waals surface area contributed by atoms with E-state index in [1.54, 1.807) is 6.20 Å². The first kappa shape index (κ1) is 15.0. The van der Waals surface area contributed by atoms with Crippen LogP contribution in [0.2, 0.25) is 0 Å². The minimum absolute atomic E-state index is 0.177. The van der Waals surface area contributed by atoms with E-state index in [0.29, 0.717) is 6.61 Å². The molecule has 0 aliphatic carbocycles. The molecule has 1 aromatic carbocycles. The van der Waals surface area contributed by atoms with Crippen molar-refractivity contribution in [2.75, 3.05) is 0 Å². The monoisotopic (exact) mass is 334 g/mol. The third-order valence-corrected chi connectivity index (χ3v) is 3.58. The van der Waals surface area contributed by atoms with Crippen LogP contribution < -0.4 is 10.5 Å². The van der Waals surface area contributed by atoms with Crippen LogP contribution >= 0.6 is 15.9 Å². The normalized spacial score (nSPS) is 12.2. The van der Waals surface area contributed by atoms with Crippen LogP contribution in [0, 0.1) is 0 Å². The molecular weight excluding hydrogens is 316 g/mol. The fourth-order valence-electron chi connectivity index (χ4n) is 1.82. The summed E-state index contributed by atoms with van der Waals surface area (Å²) in [4.78, 5) is 4.38. The number of benzene rings is 1. The largest absolute Gasteiger partial charge is 0.487 e. The van der Waals surface area contributed by atoms with Crippen molar-refractivity contribution in [1.29, 1.82) is 0 Å². The highest BCUT2D eigenvalue weighted by atomic mass is 79.9. The number of ether oxygens (including phenoxy) is 1. The predicted molar refractivity (Wildman–Crippen MR) is 84.7 cm³/mol. The van der Waals surface area contributed by atoms with Gasteiger partial charge in [0, 0.05) is 22.6 Å². The number of hydrogen-bond acceptors (Lipinski definition) is 3. The Kier molecular flexibility index (Phi) is 5.56. The van der Waals surface area contributed by atoms with E-state index in [-0.39, 0.29) is 6.04 Å². The lowest BCUT2D eigenvalue weighted by molar-refractivity contribution is 0.304. The second kappa shape index (κ2) is 7.41. The van der Waals surface area contributed by atoms with Crippen molar-refractivity contribution in [3.05, 3.63) is 58.3 Å². The molecule has 1 atom stereocenters. The molecule has 0 saturated heterocycles. The van der Waals surface area contributed by atoms with Crippen LogP contribution in [0.5, 0.6) is 5.75 Å². The first-order chi connectivity index (χ1) is 9.67. The van der Waals surface area contributed by atoms with Gasteiger partial charge in [0.1, 0.15) is 12.4 Å². The number of rotatable bonds is 6. The molecule has 20 heavy (non-hydrogen) atoms. The van der Waals surface area contributed by atoms with E-state index < -0.39 is 0 Å². The summed E-state index contributed by atoms with van der Waals surface area (Å²) < 4.78 is 6.77. The maximum absolute atomic E-state index is 5.92. The SMILES string of the molecule is CCC(N)Cc1ccc(OCc2cccc(Br)c2)cn1. The van der Waals surface area contributed by atoms with Gasteiger partial charge in [-0.2, -0.15) is 0 Å². The minimum atomic E-state index is 0.177. The Morgan fingerprint density at radius 2 is 2.15 bits per heavy atom. The summed E-state index contributed by atoms with van der Waals surface area (Å²) in [7, 11) is 0. The molecule has 2 N–H and O–H groups in total. The molecule has 1 heterocycles. The molecule has 0 aliphatic heterocycles. The Labute approximate surface area is 128 Å². The average molecular weight is 335 g/mol. The summed E-state index contributed by atoms with van der Waals surface area (Å²) in [6.07, 6.45) is 3.53. The van der Waals surface area contributed by atoms with E-state index in [1.807, 2.05) is 36.4 Å². The lowest BCUT2D eigenvalue weighted by Gasteiger charge is -2.09. The van der Waals surface area contributed by atoms with Crippen molar-refractivity contribution >= 4 is 15.9 Å². The van der Waals surface area contributed by atoms with Crippen LogP contribution in [-0.2, 0) is 13.0 Å². The Morgan fingerprint density at radius 1 is 1.30 bits per heavy atom. The first-order valence-electron chi connectivity index (χ1n) is 6.75. The molecule has 0 amide bonds. The van der Waals surface area contributed by atoms with Gasteiger partial charge in [0.05, 0.1) is 6.20 Å². The van der Waals surface area contributed by atoms with Crippen LogP contribution in [-0.4, -0.2) is 11.0 Å². The van der Waals surface area contributed by atoms with Crippen molar-refractivity contribution < 1.29 is 4.74 Å². The molecule has 2 aromatic rings. The van der Waals surface area contributed by atoms with Crippen LogP contribution in [0.15, 0.2) is 47.1 Å². The van der Waals surface area contributed by atoms with Crippen molar-refractivity contribution in [1.82, 2.24) is 4.98 Å². The van der Waals surface area contributed by atoms with E-state index in [9.17, 15) is 0 Å². The molecule has 1 unspecified atom stereocenters. The molecule has 106 valence electrons. The van der Waals surface area contributed by atoms with Crippen molar-refractivity contribution in [3.8, 4) is 5.75 Å². The molecule has 1 aromatic heterocycles. The third-order valence-electron chi connectivity index (χ3n) is 3.09. The van der Waals surface area contributed by atoms with Crippen LogP contribution in [0.3, 0.4) is 0 Å². The van der Waals surface area contributed by atoms with Gasteiger partial charge in [0.25, 0.3) is 0 Å². The van der Waals surface area contributed by atoms with Crippen molar-refractivity contribution in [2.24, 2.45) is 5.73 Å². The molecule has 0 fully saturated rings. The molecule has 2 rings (SSSR count). The first-order valence-corrected chi connectivity index (χ1v) is 7.54. The molecule has 0 spiro atoms. The number of aromatic nitrogens is 1. The van der Waals surface area contributed by atoms with Gasteiger partial charge in [-0.3, -0.25) is 4.98 Å². The number of nitrogens with zero attached hydrogens (tertiary/aromatic N) is 1. The van der Waals surface area contributed by atoms with Crippen molar-refractivity contribution in [2.45, 2.75) is 32.4 Å². The van der Waals surface area contributed by atoms with E-state index in [4.69, 9.17) is 10.5 Å². The van der Waals surface area contributed by atoms with Gasteiger partial charge < -0.3 is 10.5 Å². The van der Waals surface area contributed by atoms with Crippen LogP contribution in [0.4, 0.5) is 0 Å². The third kappa shape index (κ3) is 4.62. The summed E-state index contributed by atoms with van der Waals surface area (Å²) in [6.45, 7) is 2.62. The molecule has 0 bridgehead atoms. The fourth-order valence-corrected chi connectivity index (χ4v) is 2.27. The lowest BCUT2D eigenvalue weighted by atomic mass is 10.1. The second-order valence-corrected chi connectivity index (χ2v) is 5.69. The lowest BCUT2D eigenvalue weighted by Crippen LogP contribution is -2.21. The highest BCUT2D eigenvalue weighted by Crippen LogP contribution is 2.15. The van der Waals surface area contributed by atoms with Gasteiger partial charge in [-0.1, -0.05) is 35.0 Å². The number of pyridine rings is 1. The zero-order valence-electron chi connectivity index (χ0n) is 11.6. The molecular formula is C16H19BrN2O. The van der Waals surface area contributed by atoms with E-state index >= 15 is 0 Å². The maximum atomic E-state index is 5.92. The van der Waals surface area contributed by atoms with Crippen LogP contribution in [0.25, 0.3) is 0 Å². The Morgan fingerprint density at radius 3 is 2.80 bits per heavy atom. The standard InChI is InChI=1S/C16H19BrN2O/c1-2-14(18)9-15-6-7-16(10-19-15)20-11-12-4-3-5-13(17)8-12/h3-8,10,14H,2,9,11,18H2,1H3. The zero-order valence-corrected chi connectivity index (χ0v) is 13.1. The Bertz CT molecular complexity index is 542. The smallest absolute Gasteiger partial charge is 0.138 e. The van der Waals surface area contributed by atoms with E-state index in [1.165, 1.54) is 0 Å². The fraction of sp³-hybridized carbons (Fsp3) is 0.312. The van der Waals surface area contributed by atoms with E-state index in [0.717, 1.165) is 34.3 Å². The zero-order chi connectivity index (χ0) is 14.4. The summed E-state index contributed by atoms with van der Waals surface area (Å²) in [5.74, 6) is 0.777. The Hall–Kier alpha value is -1.39. The second-order valence-electron chi connectivity index (χ2n) is 4.78. The molecule has 0 aliphatic rings. The summed E-state index contributed by atoms with van der Waals surface area (Å²) in [5, 5.41) is 0. The molecule has 3 nitrogen and oxygen atoms in total. The van der Waals surface area contributed by atoms with Gasteiger partial charge in [0.2, 0.25) is 0 Å². The predicted octanol–water partition coefficient (Wildman–Crippen LogP) is 3.70. The number of halogens is 1. The van der Waals surface area contributed by atoms with Gasteiger partial charge in [-0.25, -0.2) is 0 Å². The number of nitrogens with two attached hydrogens (primary N) is 1. The summed E-state index contributed by atoms with van der Waals surface area (Å²) in [5.41, 5.74) is 8.05. The minimum Gasteiger partial charge on any atom is -0.487 e. The number of hydrogen-bond donors (Lipinski definition) is 1. The van der Waals surface area contributed by atoms with Gasteiger partial charge in [-0.05, 0) is 36.2 Å². The molecule has 0 saturated carbocycles. The van der Waals surface area contributed by atoms with Crippen molar-refractivity contribution in [3.63, 3.8) is 0 Å². The molecule has 0 radical (unpaired) electrons. The molecule has 4 heteroatoms. The quantitative estimate of drug-likeness (QED) is 0.876. The Balaban J connectivity index is 1.90. The van der Waals surface area contributed by atoms with Gasteiger partial charge in [0.15, 0.2) is 0 Å². The topological polar surface area (TPSA) is 48.1 Å². The van der Waals surface area contributed by atoms with E-state index in [2.05, 4.69) is 27.8 Å². The highest BCUT2D eigenvalue weighted by molar-refractivity contribution is 9.10. The van der Waals surface area contributed by atoms with Crippen LogP contribution in [0.1, 0.15) is 24.6 Å². The van der Waals surface area contributed by atoms with Gasteiger partial charge in [-0.15, -0.1) is 0 Å².